The van der Waals surface area contributed by atoms with E-state index in [4.69, 9.17) is 4.74 Å². The molecule has 1 N–H and O–H groups in total. The van der Waals surface area contributed by atoms with Gasteiger partial charge in [0.2, 0.25) is 5.91 Å². The molecule has 2 amide bonds. The van der Waals surface area contributed by atoms with Gasteiger partial charge in [-0.2, -0.15) is 0 Å². The second kappa shape index (κ2) is 11.2. The van der Waals surface area contributed by atoms with Crippen molar-refractivity contribution >= 4 is 11.8 Å². The van der Waals surface area contributed by atoms with Crippen molar-refractivity contribution in [3.05, 3.63) is 65.2 Å². The lowest BCUT2D eigenvalue weighted by Gasteiger charge is -2.30. The maximum absolute atomic E-state index is 13.1. The first-order valence-corrected chi connectivity index (χ1v) is 10.3. The van der Waals surface area contributed by atoms with Crippen molar-refractivity contribution in [2.45, 2.75) is 53.1 Å². The fourth-order valence-corrected chi connectivity index (χ4v) is 3.04. The van der Waals surface area contributed by atoms with E-state index in [1.54, 1.807) is 4.90 Å². The number of nitrogens with one attached hydrogen (secondary N) is 1. The van der Waals surface area contributed by atoms with E-state index >= 15 is 0 Å². The second-order valence-corrected chi connectivity index (χ2v) is 7.32. The molecule has 156 valence electrons. The minimum absolute atomic E-state index is 0.105. The molecule has 0 fully saturated rings. The summed E-state index contributed by atoms with van der Waals surface area (Å²) in [7, 11) is 0. The topological polar surface area (TPSA) is 58.6 Å². The first kappa shape index (κ1) is 22.5. The first-order valence-electron chi connectivity index (χ1n) is 10.3. The van der Waals surface area contributed by atoms with Gasteiger partial charge in [-0.15, -0.1) is 0 Å². The average Bonchev–Trinajstić information content (AvgIpc) is 2.72. The van der Waals surface area contributed by atoms with Gasteiger partial charge in [0.25, 0.3) is 5.91 Å². The molecule has 0 aliphatic heterocycles. The van der Waals surface area contributed by atoms with Crippen molar-refractivity contribution < 1.29 is 14.3 Å². The Hall–Kier alpha value is -2.82. The average molecular weight is 397 g/mol. The van der Waals surface area contributed by atoms with Crippen LogP contribution in [0.2, 0.25) is 0 Å². The highest BCUT2D eigenvalue weighted by Crippen LogP contribution is 2.15. The lowest BCUT2D eigenvalue weighted by Crippen LogP contribution is -2.50. The fraction of sp³-hybridized carbons (Fsp3) is 0.417. The fourth-order valence-electron chi connectivity index (χ4n) is 3.04. The Labute approximate surface area is 174 Å². The van der Waals surface area contributed by atoms with Crippen LogP contribution in [0.4, 0.5) is 0 Å². The summed E-state index contributed by atoms with van der Waals surface area (Å²) in [5.74, 6) is 0.317. The van der Waals surface area contributed by atoms with E-state index in [2.05, 4.69) is 5.32 Å². The molecule has 0 bridgehead atoms. The molecule has 5 heteroatoms. The van der Waals surface area contributed by atoms with E-state index in [1.807, 2.05) is 76.2 Å². The molecule has 0 saturated heterocycles. The number of ether oxygens (including phenoxy) is 1. The van der Waals surface area contributed by atoms with Gasteiger partial charge < -0.3 is 15.0 Å². The Bertz CT molecular complexity index is 785. The third-order valence-corrected chi connectivity index (χ3v) is 4.79. The van der Waals surface area contributed by atoms with Crippen LogP contribution in [-0.2, 0) is 16.1 Å². The van der Waals surface area contributed by atoms with Gasteiger partial charge in [-0.25, -0.2) is 0 Å². The number of aryl methyl sites for hydroxylation is 2. The minimum atomic E-state index is -0.531. The van der Waals surface area contributed by atoms with Crippen LogP contribution < -0.4 is 10.1 Å². The molecule has 0 spiro atoms. The summed E-state index contributed by atoms with van der Waals surface area (Å²) in [5, 5.41) is 2.92. The standard InChI is InChI=1S/C24H32N2O3/c1-5-15-25-24(28)22(6-2)26(16-20-11-7-18(3)8-12-20)23(27)17-29-21-13-9-19(4)10-14-21/h7-14,22H,5-6,15-17H2,1-4H3,(H,25,28)/t22-/m0/s1. The predicted molar refractivity (Wildman–Crippen MR) is 116 cm³/mol. The van der Waals surface area contributed by atoms with E-state index in [0.717, 1.165) is 23.1 Å². The summed E-state index contributed by atoms with van der Waals surface area (Å²) in [5.41, 5.74) is 3.27. The van der Waals surface area contributed by atoms with Crippen LogP contribution in [0.25, 0.3) is 0 Å². The minimum Gasteiger partial charge on any atom is -0.484 e. The van der Waals surface area contributed by atoms with E-state index in [0.29, 0.717) is 25.3 Å². The molecular weight excluding hydrogens is 364 g/mol. The van der Waals surface area contributed by atoms with E-state index < -0.39 is 6.04 Å². The number of benzene rings is 2. The second-order valence-electron chi connectivity index (χ2n) is 7.32. The van der Waals surface area contributed by atoms with Gasteiger partial charge in [-0.05, 0) is 44.4 Å². The maximum atomic E-state index is 13.1. The van der Waals surface area contributed by atoms with Crippen LogP contribution in [0.1, 0.15) is 43.4 Å². The molecular formula is C24H32N2O3. The maximum Gasteiger partial charge on any atom is 0.261 e. The molecule has 29 heavy (non-hydrogen) atoms. The highest BCUT2D eigenvalue weighted by atomic mass is 16.5. The Balaban J connectivity index is 2.16. The molecule has 0 aliphatic carbocycles. The molecule has 1 atom stereocenters. The highest BCUT2D eigenvalue weighted by Gasteiger charge is 2.28. The van der Waals surface area contributed by atoms with Crippen molar-refractivity contribution in [2.24, 2.45) is 0 Å². The first-order chi connectivity index (χ1) is 13.9. The molecule has 2 rings (SSSR count). The van der Waals surface area contributed by atoms with Crippen molar-refractivity contribution in [3.63, 3.8) is 0 Å². The Morgan fingerprint density at radius 2 is 1.55 bits per heavy atom. The van der Waals surface area contributed by atoms with Gasteiger partial charge in [0.15, 0.2) is 6.61 Å². The van der Waals surface area contributed by atoms with Crippen LogP contribution in [0.3, 0.4) is 0 Å². The zero-order chi connectivity index (χ0) is 21.2. The summed E-state index contributed by atoms with van der Waals surface area (Å²) >= 11 is 0. The van der Waals surface area contributed by atoms with Crippen LogP contribution in [0.15, 0.2) is 48.5 Å². The van der Waals surface area contributed by atoms with Gasteiger partial charge >= 0.3 is 0 Å². The highest BCUT2D eigenvalue weighted by molar-refractivity contribution is 5.88. The molecule has 2 aromatic rings. The third kappa shape index (κ3) is 6.93. The van der Waals surface area contributed by atoms with Crippen molar-refractivity contribution in [3.8, 4) is 5.75 Å². The molecule has 0 aliphatic rings. The molecule has 2 aromatic carbocycles. The van der Waals surface area contributed by atoms with Crippen LogP contribution in [0.5, 0.6) is 5.75 Å². The van der Waals surface area contributed by atoms with Crippen LogP contribution in [-0.4, -0.2) is 35.9 Å². The molecule has 0 unspecified atom stereocenters. The third-order valence-electron chi connectivity index (χ3n) is 4.79. The molecule has 0 radical (unpaired) electrons. The lowest BCUT2D eigenvalue weighted by molar-refractivity contribution is -0.143. The van der Waals surface area contributed by atoms with E-state index in [1.165, 1.54) is 0 Å². The van der Waals surface area contributed by atoms with Gasteiger partial charge in [-0.3, -0.25) is 9.59 Å². The zero-order valence-corrected chi connectivity index (χ0v) is 17.9. The summed E-state index contributed by atoms with van der Waals surface area (Å²) in [6.45, 7) is 8.81. The Morgan fingerprint density at radius 1 is 0.966 bits per heavy atom. The lowest BCUT2D eigenvalue weighted by atomic mass is 10.1. The zero-order valence-electron chi connectivity index (χ0n) is 17.9. The van der Waals surface area contributed by atoms with Crippen LogP contribution >= 0.6 is 0 Å². The molecule has 0 saturated carbocycles. The summed E-state index contributed by atoms with van der Waals surface area (Å²) in [6, 6.07) is 15.1. The van der Waals surface area contributed by atoms with E-state index in [9.17, 15) is 9.59 Å². The van der Waals surface area contributed by atoms with Crippen molar-refractivity contribution in [1.82, 2.24) is 10.2 Å². The monoisotopic (exact) mass is 396 g/mol. The number of carbonyl (C=O) groups excluding carboxylic acids is 2. The van der Waals surface area contributed by atoms with Crippen molar-refractivity contribution in [2.75, 3.05) is 13.2 Å². The molecule has 0 heterocycles. The number of hydrogen-bond donors (Lipinski definition) is 1. The summed E-state index contributed by atoms with van der Waals surface area (Å²) in [4.78, 5) is 27.4. The van der Waals surface area contributed by atoms with Crippen LogP contribution in [0, 0.1) is 13.8 Å². The number of rotatable bonds is 10. The Morgan fingerprint density at radius 3 is 2.10 bits per heavy atom. The smallest absolute Gasteiger partial charge is 0.261 e. The summed E-state index contributed by atoms with van der Waals surface area (Å²) < 4.78 is 5.69. The predicted octanol–water partition coefficient (Wildman–Crippen LogP) is 4.02. The number of amides is 2. The SMILES string of the molecule is CCCNC(=O)[C@H](CC)N(Cc1ccc(C)cc1)C(=O)COc1ccc(C)cc1. The number of nitrogens with zero attached hydrogens (tertiary/aromatic N) is 1. The van der Waals surface area contributed by atoms with Gasteiger partial charge in [0, 0.05) is 13.1 Å². The largest absolute Gasteiger partial charge is 0.484 e. The van der Waals surface area contributed by atoms with Gasteiger partial charge in [0.1, 0.15) is 11.8 Å². The molecule has 5 nitrogen and oxygen atoms in total. The number of carbonyl (C=O) groups is 2. The quantitative estimate of drug-likeness (QED) is 0.660. The Kier molecular flexibility index (Phi) is 8.71. The normalized spacial score (nSPS) is 11.6. The van der Waals surface area contributed by atoms with Crippen molar-refractivity contribution in [1.29, 1.82) is 0 Å². The van der Waals surface area contributed by atoms with Gasteiger partial charge in [0.05, 0.1) is 0 Å². The summed E-state index contributed by atoms with van der Waals surface area (Å²) in [6.07, 6.45) is 1.39. The number of hydrogen-bond acceptors (Lipinski definition) is 3. The van der Waals surface area contributed by atoms with E-state index in [-0.39, 0.29) is 18.4 Å². The van der Waals surface area contributed by atoms with Gasteiger partial charge in [-0.1, -0.05) is 61.4 Å². The molecule has 0 aromatic heterocycles.